The summed E-state index contributed by atoms with van der Waals surface area (Å²) in [6.45, 7) is 0.378. The Morgan fingerprint density at radius 3 is 2.47 bits per heavy atom. The normalized spacial score (nSPS) is 14.9. The lowest BCUT2D eigenvalue weighted by Gasteiger charge is -2.21. The van der Waals surface area contributed by atoms with Crippen LogP contribution in [0.5, 0.6) is 5.75 Å². The van der Waals surface area contributed by atoms with E-state index in [1.54, 1.807) is 0 Å². The van der Waals surface area contributed by atoms with Crippen LogP contribution in [0.15, 0.2) is 27.8 Å². The summed E-state index contributed by atoms with van der Waals surface area (Å²) in [6, 6.07) is 1.69. The number of carbonyl (C=O) groups is 1. The number of rotatable bonds is 4. The molecule has 1 aliphatic carbocycles. The van der Waals surface area contributed by atoms with Gasteiger partial charge in [0.2, 0.25) is 0 Å². The molecule has 1 heterocycles. The maximum Gasteiger partial charge on any atom is 0.431 e. The number of carbonyl (C=O) groups excluding carboxylic acids is 1. The summed E-state index contributed by atoms with van der Waals surface area (Å²) in [4.78, 5) is 36.8. The van der Waals surface area contributed by atoms with Crippen molar-refractivity contribution in [2.75, 3.05) is 6.54 Å². The highest BCUT2D eigenvalue weighted by molar-refractivity contribution is 6.32. The van der Waals surface area contributed by atoms with Crippen LogP contribution in [0.25, 0.3) is 5.69 Å². The van der Waals surface area contributed by atoms with Gasteiger partial charge >= 0.3 is 18.0 Å². The SMILES string of the molecule is Cn1c(C(F)(F)F)cc(=O)n(-c2cc(OC(=O)NCC3CCCCC3)c(Cl)cc2F)c1=O. The van der Waals surface area contributed by atoms with Gasteiger partial charge in [-0.3, -0.25) is 9.36 Å². The molecule has 174 valence electrons. The molecule has 0 atom stereocenters. The number of ether oxygens (including phenoxy) is 1. The minimum absolute atomic E-state index is 0.173. The quantitative estimate of drug-likeness (QED) is 0.674. The lowest BCUT2D eigenvalue weighted by Crippen LogP contribution is -2.41. The van der Waals surface area contributed by atoms with Crippen LogP contribution in [0.3, 0.4) is 0 Å². The van der Waals surface area contributed by atoms with E-state index < -0.39 is 40.7 Å². The van der Waals surface area contributed by atoms with Gasteiger partial charge in [-0.15, -0.1) is 0 Å². The number of nitrogens with one attached hydrogen (secondary N) is 1. The summed E-state index contributed by atoms with van der Waals surface area (Å²) in [5.41, 5.74) is -5.03. The number of amides is 1. The average molecular weight is 478 g/mol. The maximum atomic E-state index is 14.5. The highest BCUT2D eigenvalue weighted by atomic mass is 35.5. The van der Waals surface area contributed by atoms with Crippen molar-refractivity contribution in [2.24, 2.45) is 13.0 Å². The number of nitrogens with zero attached hydrogens (tertiary/aromatic N) is 2. The van der Waals surface area contributed by atoms with Crippen molar-refractivity contribution in [1.82, 2.24) is 14.5 Å². The molecule has 12 heteroatoms. The number of halogens is 5. The zero-order chi connectivity index (χ0) is 23.6. The largest absolute Gasteiger partial charge is 0.431 e. The Hall–Kier alpha value is -2.82. The van der Waals surface area contributed by atoms with E-state index in [0.29, 0.717) is 18.5 Å². The molecule has 0 unspecified atom stereocenters. The van der Waals surface area contributed by atoms with Crippen LogP contribution in [0, 0.1) is 11.7 Å². The minimum atomic E-state index is -4.96. The van der Waals surface area contributed by atoms with Gasteiger partial charge in [0.1, 0.15) is 11.5 Å². The summed E-state index contributed by atoms with van der Waals surface area (Å²) in [6.07, 6.45) is -0.587. The molecule has 3 rings (SSSR count). The molecule has 1 N–H and O–H groups in total. The molecule has 1 aliphatic rings. The third-order valence-corrected chi connectivity index (χ3v) is 5.61. The predicted molar refractivity (Wildman–Crippen MR) is 108 cm³/mol. The molecule has 2 aromatic rings. The Bertz CT molecular complexity index is 1140. The highest BCUT2D eigenvalue weighted by Crippen LogP contribution is 2.30. The van der Waals surface area contributed by atoms with Gasteiger partial charge in [-0.2, -0.15) is 13.2 Å². The molecule has 0 bridgehead atoms. The Kier molecular flexibility index (Phi) is 6.97. The number of hydrogen-bond donors (Lipinski definition) is 1. The molecule has 7 nitrogen and oxygen atoms in total. The van der Waals surface area contributed by atoms with E-state index >= 15 is 0 Å². The van der Waals surface area contributed by atoms with Crippen molar-refractivity contribution < 1.29 is 27.1 Å². The second-order valence-electron chi connectivity index (χ2n) is 7.55. The van der Waals surface area contributed by atoms with Crippen LogP contribution in [0.1, 0.15) is 37.8 Å². The van der Waals surface area contributed by atoms with E-state index in [-0.39, 0.29) is 26.0 Å². The van der Waals surface area contributed by atoms with Gasteiger partial charge in [0.15, 0.2) is 5.75 Å². The lowest BCUT2D eigenvalue weighted by atomic mass is 9.89. The fraction of sp³-hybridized carbons (Fsp3) is 0.450. The smallest absolute Gasteiger partial charge is 0.409 e. The zero-order valence-electron chi connectivity index (χ0n) is 17.0. The Morgan fingerprint density at radius 2 is 1.84 bits per heavy atom. The van der Waals surface area contributed by atoms with Crippen molar-refractivity contribution >= 4 is 17.7 Å². The Morgan fingerprint density at radius 1 is 1.19 bits per heavy atom. The Labute approximate surface area is 184 Å². The second-order valence-corrected chi connectivity index (χ2v) is 7.96. The highest BCUT2D eigenvalue weighted by Gasteiger charge is 2.35. The van der Waals surface area contributed by atoms with Crippen molar-refractivity contribution in [1.29, 1.82) is 0 Å². The van der Waals surface area contributed by atoms with Gasteiger partial charge < -0.3 is 10.1 Å². The van der Waals surface area contributed by atoms with Crippen LogP contribution >= 0.6 is 11.6 Å². The first-order valence-electron chi connectivity index (χ1n) is 9.84. The zero-order valence-corrected chi connectivity index (χ0v) is 17.7. The van der Waals surface area contributed by atoms with Crippen LogP contribution in [-0.2, 0) is 13.2 Å². The number of alkyl halides is 3. The van der Waals surface area contributed by atoms with Crippen molar-refractivity contribution in [3.8, 4) is 11.4 Å². The second kappa shape index (κ2) is 9.35. The number of aromatic nitrogens is 2. The summed E-state index contributed by atoms with van der Waals surface area (Å²) in [5.74, 6) is -1.22. The van der Waals surface area contributed by atoms with E-state index in [2.05, 4.69) is 5.32 Å². The van der Waals surface area contributed by atoms with E-state index in [9.17, 15) is 31.9 Å². The van der Waals surface area contributed by atoms with E-state index in [4.69, 9.17) is 16.3 Å². The Balaban J connectivity index is 1.90. The molecule has 1 aromatic carbocycles. The molecular weight excluding hydrogens is 458 g/mol. The lowest BCUT2D eigenvalue weighted by molar-refractivity contribution is -0.144. The van der Waals surface area contributed by atoms with Gasteiger partial charge in [-0.05, 0) is 24.8 Å². The topological polar surface area (TPSA) is 82.3 Å². The summed E-state index contributed by atoms with van der Waals surface area (Å²) in [5, 5.41) is 2.26. The summed E-state index contributed by atoms with van der Waals surface area (Å²) >= 11 is 5.91. The first-order valence-corrected chi connectivity index (χ1v) is 10.2. The number of benzene rings is 1. The monoisotopic (exact) mass is 477 g/mol. The minimum Gasteiger partial charge on any atom is -0.409 e. The van der Waals surface area contributed by atoms with Crippen molar-refractivity contribution in [3.63, 3.8) is 0 Å². The van der Waals surface area contributed by atoms with Gasteiger partial charge in [0, 0.05) is 25.7 Å². The average Bonchev–Trinajstić information content (AvgIpc) is 2.72. The molecule has 0 aliphatic heterocycles. The predicted octanol–water partition coefficient (Wildman–Crippen LogP) is 4.02. The maximum absolute atomic E-state index is 14.5. The molecule has 1 aromatic heterocycles. The summed E-state index contributed by atoms with van der Waals surface area (Å²) in [7, 11) is 0.797. The van der Waals surface area contributed by atoms with Gasteiger partial charge in [0.05, 0.1) is 10.7 Å². The fourth-order valence-corrected chi connectivity index (χ4v) is 3.83. The van der Waals surface area contributed by atoms with Crippen LogP contribution < -0.4 is 21.3 Å². The standard InChI is InChI=1S/C20H20ClF4N3O4/c1-27-16(20(23,24)25)9-17(29)28(19(27)31)14-8-15(12(21)7-13(14)22)32-18(30)26-10-11-5-3-2-4-6-11/h7-9,11H,2-6,10H2,1H3,(H,26,30). The summed E-state index contributed by atoms with van der Waals surface area (Å²) < 4.78 is 59.0. The molecule has 1 saturated carbocycles. The van der Waals surface area contributed by atoms with E-state index in [0.717, 1.165) is 45.2 Å². The molecule has 0 saturated heterocycles. The fourth-order valence-electron chi connectivity index (χ4n) is 3.64. The van der Waals surface area contributed by atoms with Crippen molar-refractivity contribution in [2.45, 2.75) is 38.3 Å². The van der Waals surface area contributed by atoms with Crippen LogP contribution in [-0.4, -0.2) is 21.8 Å². The molecule has 0 radical (unpaired) electrons. The molecule has 32 heavy (non-hydrogen) atoms. The number of hydrogen-bond acceptors (Lipinski definition) is 4. The molecule has 0 spiro atoms. The van der Waals surface area contributed by atoms with E-state index in [1.807, 2.05) is 0 Å². The molecule has 1 amide bonds. The third-order valence-electron chi connectivity index (χ3n) is 5.32. The van der Waals surface area contributed by atoms with Crippen molar-refractivity contribution in [3.05, 3.63) is 55.6 Å². The molecular formula is C20H20ClF4N3O4. The first-order chi connectivity index (χ1) is 15.0. The van der Waals surface area contributed by atoms with Crippen LogP contribution in [0.4, 0.5) is 22.4 Å². The van der Waals surface area contributed by atoms with Crippen LogP contribution in [0.2, 0.25) is 5.02 Å². The third kappa shape index (κ3) is 5.14. The van der Waals surface area contributed by atoms with Gasteiger partial charge in [-0.25, -0.2) is 18.5 Å². The molecule has 1 fully saturated rings. The van der Waals surface area contributed by atoms with Gasteiger partial charge in [0.25, 0.3) is 5.56 Å². The van der Waals surface area contributed by atoms with Gasteiger partial charge in [-0.1, -0.05) is 30.9 Å². The first kappa shape index (κ1) is 23.8. The van der Waals surface area contributed by atoms with E-state index in [1.165, 1.54) is 0 Å².